The summed E-state index contributed by atoms with van der Waals surface area (Å²) < 4.78 is 11.9. The molecule has 6 nitrogen and oxygen atoms in total. The lowest BCUT2D eigenvalue weighted by Gasteiger charge is -2.38. The highest BCUT2D eigenvalue weighted by Gasteiger charge is 2.43. The smallest absolute Gasteiger partial charge is 0.409 e. The Morgan fingerprint density at radius 1 is 1.06 bits per heavy atom. The van der Waals surface area contributed by atoms with Gasteiger partial charge in [-0.3, -0.25) is 4.79 Å². The van der Waals surface area contributed by atoms with Crippen molar-refractivity contribution in [2.24, 2.45) is 5.41 Å². The third kappa shape index (κ3) is 5.41. The normalized spacial score (nSPS) is 16.4. The van der Waals surface area contributed by atoms with Gasteiger partial charge in [-0.2, -0.15) is 0 Å². The van der Waals surface area contributed by atoms with Crippen LogP contribution in [0.25, 0.3) is 11.1 Å². The lowest BCUT2D eigenvalue weighted by molar-refractivity contribution is 0.00956. The van der Waals surface area contributed by atoms with Gasteiger partial charge in [-0.05, 0) is 57.8 Å². The molecule has 2 aromatic carbocycles. The maximum atomic E-state index is 12.5. The highest BCUT2D eigenvalue weighted by atomic mass is 32.1. The molecule has 0 bridgehead atoms. The van der Waals surface area contributed by atoms with Gasteiger partial charge in [0, 0.05) is 38.0 Å². The molecular formula is C29H32N2O4S. The third-order valence-corrected chi connectivity index (χ3v) is 7.55. The van der Waals surface area contributed by atoms with Gasteiger partial charge in [0.1, 0.15) is 11.4 Å². The molecule has 7 heteroatoms. The first-order chi connectivity index (χ1) is 17.2. The summed E-state index contributed by atoms with van der Waals surface area (Å²) in [5, 5.41) is 4.84. The Labute approximate surface area is 216 Å². The predicted octanol–water partition coefficient (Wildman–Crippen LogP) is 6.62. The van der Waals surface area contributed by atoms with E-state index in [1.165, 1.54) is 16.9 Å². The first kappa shape index (κ1) is 24.4. The summed E-state index contributed by atoms with van der Waals surface area (Å²) in [6.45, 7) is 7.87. The number of hydrogen-bond donors (Lipinski definition) is 1. The van der Waals surface area contributed by atoms with Gasteiger partial charge in [-0.15, -0.1) is 11.3 Å². The molecule has 0 atom stereocenters. The quantitative estimate of drug-likeness (QED) is 0.434. The number of amides is 2. The van der Waals surface area contributed by atoms with Crippen LogP contribution in [0.3, 0.4) is 0 Å². The van der Waals surface area contributed by atoms with Crippen LogP contribution in [0.15, 0.2) is 60.0 Å². The number of carbonyl (C=O) groups is 2. The number of anilines is 1. The largest absolute Gasteiger partial charge is 0.487 e. The third-order valence-electron chi connectivity index (χ3n) is 6.68. The summed E-state index contributed by atoms with van der Waals surface area (Å²) in [7, 11) is 0. The average molecular weight is 505 g/mol. The topological polar surface area (TPSA) is 67.9 Å². The fourth-order valence-electron chi connectivity index (χ4n) is 4.70. The highest BCUT2D eigenvalue weighted by molar-refractivity contribution is 7.12. The monoisotopic (exact) mass is 504 g/mol. The van der Waals surface area contributed by atoms with Gasteiger partial charge in [0.25, 0.3) is 5.91 Å². The van der Waals surface area contributed by atoms with E-state index in [0.717, 1.165) is 41.8 Å². The van der Waals surface area contributed by atoms with Gasteiger partial charge in [0.2, 0.25) is 0 Å². The standard InChI is InChI=1S/C29H32N2O4S/c1-28(2,3)19-34-27(33)31-14-12-29(13-15-31)18-22-17-21(8-11-24(22)35-29)20-6-9-23(10-7-20)30-26(32)25-5-4-16-36-25/h4-11,16-17H,12-15,18-19H2,1-3H3,(H,30,32). The van der Waals surface area contributed by atoms with Crippen LogP contribution in [0.4, 0.5) is 10.5 Å². The maximum Gasteiger partial charge on any atom is 0.409 e. The molecule has 2 aliphatic rings. The molecule has 2 aliphatic heterocycles. The van der Waals surface area contributed by atoms with E-state index in [2.05, 4.69) is 44.3 Å². The number of hydrogen-bond acceptors (Lipinski definition) is 5. The minimum atomic E-state index is -0.252. The lowest BCUT2D eigenvalue weighted by atomic mass is 9.86. The summed E-state index contributed by atoms with van der Waals surface area (Å²) in [6.07, 6.45) is 2.20. The van der Waals surface area contributed by atoms with Crippen molar-refractivity contribution in [2.45, 2.75) is 45.6 Å². The minimum Gasteiger partial charge on any atom is -0.487 e. The Morgan fingerprint density at radius 2 is 1.78 bits per heavy atom. The number of carbonyl (C=O) groups excluding carboxylic acids is 2. The summed E-state index contributed by atoms with van der Waals surface area (Å²) in [5.74, 6) is 0.841. The Bertz CT molecular complexity index is 1240. The van der Waals surface area contributed by atoms with E-state index in [1.807, 2.05) is 41.8 Å². The van der Waals surface area contributed by atoms with E-state index < -0.39 is 0 Å². The van der Waals surface area contributed by atoms with Gasteiger partial charge >= 0.3 is 6.09 Å². The molecule has 0 unspecified atom stereocenters. The maximum absolute atomic E-state index is 12.5. The van der Waals surface area contributed by atoms with Crippen LogP contribution >= 0.6 is 11.3 Å². The molecule has 36 heavy (non-hydrogen) atoms. The molecule has 1 aromatic heterocycles. The zero-order chi connectivity index (χ0) is 25.3. The molecule has 0 saturated carbocycles. The van der Waals surface area contributed by atoms with Crippen LogP contribution < -0.4 is 10.1 Å². The Balaban J connectivity index is 1.20. The second kappa shape index (κ2) is 9.62. The van der Waals surface area contributed by atoms with Gasteiger partial charge in [0.15, 0.2) is 0 Å². The molecule has 5 rings (SSSR count). The molecule has 3 aromatic rings. The zero-order valence-corrected chi connectivity index (χ0v) is 21.8. The molecule has 1 N–H and O–H groups in total. The van der Waals surface area contributed by atoms with Crippen molar-refractivity contribution >= 4 is 29.0 Å². The summed E-state index contributed by atoms with van der Waals surface area (Å²) in [5.41, 5.74) is 3.88. The molecule has 2 amide bonds. The Hall–Kier alpha value is -3.32. The number of nitrogens with one attached hydrogen (secondary N) is 1. The second-order valence-electron chi connectivity index (χ2n) is 10.9. The van der Waals surface area contributed by atoms with Crippen molar-refractivity contribution in [3.8, 4) is 16.9 Å². The van der Waals surface area contributed by atoms with Crippen molar-refractivity contribution in [1.82, 2.24) is 4.90 Å². The van der Waals surface area contributed by atoms with Gasteiger partial charge < -0.3 is 19.7 Å². The number of nitrogens with zero attached hydrogens (tertiary/aromatic N) is 1. The fraction of sp³-hybridized carbons (Fsp3) is 0.379. The zero-order valence-electron chi connectivity index (χ0n) is 21.0. The summed E-state index contributed by atoms with van der Waals surface area (Å²) in [4.78, 5) is 27.2. The van der Waals surface area contributed by atoms with Crippen LogP contribution in [0.5, 0.6) is 5.75 Å². The van der Waals surface area contributed by atoms with Crippen molar-refractivity contribution in [2.75, 3.05) is 25.0 Å². The van der Waals surface area contributed by atoms with Crippen molar-refractivity contribution < 1.29 is 19.1 Å². The van der Waals surface area contributed by atoms with Gasteiger partial charge in [0.05, 0.1) is 11.5 Å². The van der Waals surface area contributed by atoms with E-state index in [4.69, 9.17) is 9.47 Å². The van der Waals surface area contributed by atoms with E-state index in [1.54, 1.807) is 4.90 Å². The van der Waals surface area contributed by atoms with Crippen molar-refractivity contribution in [3.63, 3.8) is 0 Å². The van der Waals surface area contributed by atoms with E-state index in [0.29, 0.717) is 24.6 Å². The van der Waals surface area contributed by atoms with Crippen LogP contribution in [0.2, 0.25) is 0 Å². The van der Waals surface area contributed by atoms with E-state index >= 15 is 0 Å². The molecule has 188 valence electrons. The van der Waals surface area contributed by atoms with Crippen molar-refractivity contribution in [1.29, 1.82) is 0 Å². The fourth-order valence-corrected chi connectivity index (χ4v) is 5.32. The van der Waals surface area contributed by atoms with Crippen LogP contribution in [0.1, 0.15) is 48.8 Å². The highest BCUT2D eigenvalue weighted by Crippen LogP contribution is 2.42. The molecule has 1 spiro atoms. The van der Waals surface area contributed by atoms with E-state index in [9.17, 15) is 9.59 Å². The van der Waals surface area contributed by atoms with Gasteiger partial charge in [-0.1, -0.05) is 45.0 Å². The Kier molecular flexibility index (Phi) is 6.51. The first-order valence-electron chi connectivity index (χ1n) is 12.4. The molecule has 3 heterocycles. The number of fused-ring (bicyclic) bond motifs is 1. The molecule has 1 fully saturated rings. The molecule has 1 saturated heterocycles. The van der Waals surface area contributed by atoms with Crippen LogP contribution in [-0.4, -0.2) is 42.2 Å². The molecular weight excluding hydrogens is 472 g/mol. The van der Waals surface area contributed by atoms with Crippen molar-refractivity contribution in [3.05, 3.63) is 70.4 Å². The first-order valence-corrected chi connectivity index (χ1v) is 13.3. The number of ether oxygens (including phenoxy) is 2. The summed E-state index contributed by atoms with van der Waals surface area (Å²) >= 11 is 1.43. The lowest BCUT2D eigenvalue weighted by Crippen LogP contribution is -2.49. The van der Waals surface area contributed by atoms with E-state index in [-0.39, 0.29) is 23.0 Å². The number of rotatable bonds is 4. The second-order valence-corrected chi connectivity index (χ2v) is 11.8. The van der Waals surface area contributed by atoms with Crippen LogP contribution in [-0.2, 0) is 11.2 Å². The average Bonchev–Trinajstić information content (AvgIpc) is 3.51. The van der Waals surface area contributed by atoms with Crippen LogP contribution in [0, 0.1) is 5.41 Å². The number of benzene rings is 2. The number of thiophene rings is 1. The molecule has 0 radical (unpaired) electrons. The minimum absolute atomic E-state index is 0.0427. The number of piperidine rings is 1. The Morgan fingerprint density at radius 3 is 2.44 bits per heavy atom. The van der Waals surface area contributed by atoms with Gasteiger partial charge in [-0.25, -0.2) is 4.79 Å². The summed E-state index contributed by atoms with van der Waals surface area (Å²) in [6, 6.07) is 17.9. The number of likely N-dealkylation sites (tertiary alicyclic amines) is 1. The predicted molar refractivity (Wildman–Crippen MR) is 143 cm³/mol. The SMILES string of the molecule is CC(C)(C)COC(=O)N1CCC2(CC1)Cc1cc(-c3ccc(NC(=O)c4cccs4)cc3)ccc1O2. The molecule has 0 aliphatic carbocycles.